The summed E-state index contributed by atoms with van der Waals surface area (Å²) >= 11 is 0. The summed E-state index contributed by atoms with van der Waals surface area (Å²) in [7, 11) is 0. The maximum Gasteiger partial charge on any atom is 0.328 e. The lowest BCUT2D eigenvalue weighted by atomic mass is 10.1. The van der Waals surface area contributed by atoms with Crippen LogP contribution in [0, 0.1) is 0 Å². The average Bonchev–Trinajstić information content (AvgIpc) is 2.44. The maximum absolute atomic E-state index is 9.55. The van der Waals surface area contributed by atoms with Crippen LogP contribution in [0.2, 0.25) is 0 Å². The lowest BCUT2D eigenvalue weighted by Crippen LogP contribution is -1.91. The van der Waals surface area contributed by atoms with E-state index in [0.717, 1.165) is 6.42 Å². The van der Waals surface area contributed by atoms with Crippen LogP contribution < -0.4 is 0 Å². The highest BCUT2D eigenvalue weighted by Crippen LogP contribution is 2.07. The number of aliphatic hydroxyl groups is 1. The Morgan fingerprint density at radius 2 is 1.33 bits per heavy atom. The summed E-state index contributed by atoms with van der Waals surface area (Å²) in [6.45, 7) is 3.97. The Kier molecular flexibility index (Phi) is 18.5. The highest BCUT2D eigenvalue weighted by Gasteiger charge is 1.89. The predicted octanol–water partition coefficient (Wildman–Crippen LogP) is 3.16. The second kappa shape index (κ2) is 18.1. The van der Waals surface area contributed by atoms with Crippen molar-refractivity contribution in [2.45, 2.75) is 44.9 Å². The monoisotopic (exact) mass is 298 g/mol. The molecule has 0 aromatic carbocycles. The molecule has 120 valence electrons. The Bertz CT molecular complexity index is 316. The number of carbonyl (C=O) groups is 2. The van der Waals surface area contributed by atoms with Crippen molar-refractivity contribution < 1.29 is 24.9 Å². The van der Waals surface area contributed by atoms with Crippen molar-refractivity contribution >= 4 is 11.9 Å². The average molecular weight is 298 g/mol. The van der Waals surface area contributed by atoms with Gasteiger partial charge >= 0.3 is 11.9 Å². The van der Waals surface area contributed by atoms with Crippen LogP contribution in [0.4, 0.5) is 0 Å². The van der Waals surface area contributed by atoms with E-state index in [9.17, 15) is 9.59 Å². The Morgan fingerprint density at radius 1 is 0.857 bits per heavy atom. The summed E-state index contributed by atoms with van der Waals surface area (Å²) in [5.74, 6) is -2.51. The van der Waals surface area contributed by atoms with Crippen molar-refractivity contribution in [3.8, 4) is 0 Å². The van der Waals surface area contributed by atoms with Gasteiger partial charge in [0.2, 0.25) is 0 Å². The van der Waals surface area contributed by atoms with Gasteiger partial charge in [0, 0.05) is 18.8 Å². The molecule has 21 heavy (non-hydrogen) atoms. The molecule has 0 bridgehead atoms. The minimum absolute atomic E-state index is 0.349. The topological polar surface area (TPSA) is 94.8 Å². The number of carboxylic acids is 2. The molecule has 0 radical (unpaired) electrons. The van der Waals surface area contributed by atoms with Crippen LogP contribution in [0.15, 0.2) is 37.0 Å². The number of hydrogen-bond donors (Lipinski definition) is 3. The lowest BCUT2D eigenvalue weighted by Gasteiger charge is -1.98. The molecular weight excluding hydrogens is 272 g/mol. The minimum atomic E-state index is -1.26. The Morgan fingerprint density at radius 3 is 1.76 bits per heavy atom. The quantitative estimate of drug-likeness (QED) is 0.309. The molecule has 5 nitrogen and oxygen atoms in total. The van der Waals surface area contributed by atoms with Gasteiger partial charge in [0.25, 0.3) is 0 Å². The zero-order chi connectivity index (χ0) is 16.3. The van der Waals surface area contributed by atoms with Crippen LogP contribution in [0.25, 0.3) is 0 Å². The molecule has 0 aliphatic heterocycles. The van der Waals surface area contributed by atoms with E-state index in [1.165, 1.54) is 38.5 Å². The highest BCUT2D eigenvalue weighted by molar-refractivity contribution is 5.89. The Balaban J connectivity index is 0. The number of carboxylic acid groups (broad SMARTS) is 2. The van der Waals surface area contributed by atoms with Gasteiger partial charge in [-0.25, -0.2) is 9.59 Å². The summed E-state index contributed by atoms with van der Waals surface area (Å²) in [5, 5.41) is 24.2. The van der Waals surface area contributed by atoms with E-state index < -0.39 is 11.9 Å². The number of aliphatic hydroxyl groups excluding tert-OH is 1. The number of rotatable bonds is 11. The van der Waals surface area contributed by atoms with Crippen LogP contribution in [0.5, 0.6) is 0 Å². The third-order valence-corrected chi connectivity index (χ3v) is 2.42. The first-order valence-corrected chi connectivity index (χ1v) is 7.07. The normalized spacial score (nSPS) is 10.3. The highest BCUT2D eigenvalue weighted by atomic mass is 16.4. The van der Waals surface area contributed by atoms with Gasteiger partial charge in [-0.05, 0) is 19.3 Å². The standard InChI is InChI=1S/C12H22O.C4H4O4/c1-2-3-4-5-6-7-8-9-10-11-12-13;5-3(6)1-2-4(7)8/h2-4,13H,1,5-12H2;1-2H,(H,5,6)(H,7,8)/b;2-1-. The van der Waals surface area contributed by atoms with Crippen molar-refractivity contribution in [2.75, 3.05) is 6.61 Å². The second-order valence-corrected chi connectivity index (χ2v) is 4.31. The molecule has 0 fully saturated rings. The third-order valence-electron chi connectivity index (χ3n) is 2.42. The molecule has 0 saturated heterocycles. The maximum atomic E-state index is 9.55. The van der Waals surface area contributed by atoms with Crippen LogP contribution in [-0.4, -0.2) is 33.9 Å². The molecule has 5 heteroatoms. The first-order valence-electron chi connectivity index (χ1n) is 7.07. The fourth-order valence-electron chi connectivity index (χ4n) is 1.42. The largest absolute Gasteiger partial charge is 0.478 e. The fourth-order valence-corrected chi connectivity index (χ4v) is 1.42. The smallest absolute Gasteiger partial charge is 0.328 e. The molecule has 0 aromatic heterocycles. The van der Waals surface area contributed by atoms with E-state index in [4.69, 9.17) is 15.3 Å². The zero-order valence-electron chi connectivity index (χ0n) is 12.4. The van der Waals surface area contributed by atoms with E-state index >= 15 is 0 Å². The number of allylic oxidation sites excluding steroid dienone is 3. The summed E-state index contributed by atoms with van der Waals surface area (Å²) in [6, 6.07) is 0. The molecule has 0 heterocycles. The summed E-state index contributed by atoms with van der Waals surface area (Å²) in [6.07, 6.45) is 15.6. The molecular formula is C16H26O5. The minimum Gasteiger partial charge on any atom is -0.478 e. The van der Waals surface area contributed by atoms with Crippen LogP contribution in [-0.2, 0) is 9.59 Å². The molecule has 0 unspecified atom stereocenters. The molecule has 0 aromatic rings. The molecule has 3 N–H and O–H groups in total. The molecule has 0 rings (SSSR count). The van der Waals surface area contributed by atoms with Gasteiger partial charge in [-0.2, -0.15) is 0 Å². The van der Waals surface area contributed by atoms with E-state index in [-0.39, 0.29) is 0 Å². The van der Waals surface area contributed by atoms with Crippen LogP contribution >= 0.6 is 0 Å². The first-order chi connectivity index (χ1) is 10.0. The van der Waals surface area contributed by atoms with Gasteiger partial charge in [-0.15, -0.1) is 0 Å². The van der Waals surface area contributed by atoms with E-state index in [0.29, 0.717) is 18.8 Å². The first kappa shape index (κ1) is 21.4. The number of aliphatic carboxylic acids is 2. The van der Waals surface area contributed by atoms with Gasteiger partial charge in [-0.1, -0.05) is 50.5 Å². The van der Waals surface area contributed by atoms with Crippen molar-refractivity contribution in [3.05, 3.63) is 37.0 Å². The summed E-state index contributed by atoms with van der Waals surface area (Å²) in [4.78, 5) is 19.1. The summed E-state index contributed by atoms with van der Waals surface area (Å²) in [5.41, 5.74) is 0. The number of unbranched alkanes of at least 4 members (excludes halogenated alkanes) is 6. The van der Waals surface area contributed by atoms with Crippen LogP contribution in [0.3, 0.4) is 0 Å². The Labute approximate surface area is 126 Å². The third kappa shape index (κ3) is 27.4. The molecule has 0 aliphatic carbocycles. The molecule has 0 aliphatic rings. The Hall–Kier alpha value is -1.88. The van der Waals surface area contributed by atoms with Crippen molar-refractivity contribution in [3.63, 3.8) is 0 Å². The fraction of sp³-hybridized carbons (Fsp3) is 0.500. The molecule has 0 spiro atoms. The van der Waals surface area contributed by atoms with Crippen molar-refractivity contribution in [1.82, 2.24) is 0 Å². The molecule has 0 atom stereocenters. The zero-order valence-corrected chi connectivity index (χ0v) is 12.4. The lowest BCUT2D eigenvalue weighted by molar-refractivity contribution is -0.134. The summed E-state index contributed by atoms with van der Waals surface area (Å²) < 4.78 is 0. The molecule has 0 amide bonds. The predicted molar refractivity (Wildman–Crippen MR) is 83.2 cm³/mol. The SMILES string of the molecule is C=CC=CCCCCCCCCO.O=C(O)/C=C\C(=O)O. The van der Waals surface area contributed by atoms with E-state index in [1.54, 1.807) is 0 Å². The van der Waals surface area contributed by atoms with Gasteiger partial charge in [-0.3, -0.25) is 0 Å². The van der Waals surface area contributed by atoms with Crippen molar-refractivity contribution in [2.24, 2.45) is 0 Å². The molecule has 0 saturated carbocycles. The van der Waals surface area contributed by atoms with Gasteiger partial charge < -0.3 is 15.3 Å². The van der Waals surface area contributed by atoms with Gasteiger partial charge in [0.05, 0.1) is 0 Å². The van der Waals surface area contributed by atoms with Crippen LogP contribution in [0.1, 0.15) is 44.9 Å². The van der Waals surface area contributed by atoms with Crippen molar-refractivity contribution in [1.29, 1.82) is 0 Å². The number of hydrogen-bond acceptors (Lipinski definition) is 3. The van der Waals surface area contributed by atoms with Gasteiger partial charge in [0.15, 0.2) is 0 Å². The van der Waals surface area contributed by atoms with E-state index in [2.05, 4.69) is 12.7 Å². The second-order valence-electron chi connectivity index (χ2n) is 4.31. The van der Waals surface area contributed by atoms with Gasteiger partial charge in [0.1, 0.15) is 0 Å². The van der Waals surface area contributed by atoms with E-state index in [1.807, 2.05) is 12.2 Å².